The first-order valence-corrected chi connectivity index (χ1v) is 13.6. The molecular weight excluding hydrogens is 505 g/mol. The van der Waals surface area contributed by atoms with E-state index in [1.54, 1.807) is 12.1 Å². The molecule has 2 aliphatic rings. The molecule has 204 valence electrons. The minimum Gasteiger partial charge on any atom is -0.488 e. The number of halogens is 1. The molecule has 1 atom stereocenters. The monoisotopic (exact) mass is 537 g/mol. The van der Waals surface area contributed by atoms with Gasteiger partial charge in [-0.15, -0.1) is 0 Å². The average Bonchev–Trinajstić information content (AvgIpc) is 3.30. The molecule has 1 heterocycles. The van der Waals surface area contributed by atoms with Crippen molar-refractivity contribution in [3.05, 3.63) is 114 Å². The lowest BCUT2D eigenvalue weighted by Crippen LogP contribution is -2.29. The Morgan fingerprint density at radius 3 is 2.45 bits per heavy atom. The summed E-state index contributed by atoms with van der Waals surface area (Å²) in [5.41, 5.74) is 5.16. The topological polar surface area (TPSA) is 60.7 Å². The molecule has 0 aliphatic heterocycles. The predicted octanol–water partition coefficient (Wildman–Crippen LogP) is 7.11. The number of allylic oxidation sites excluding steroid dienone is 3. The summed E-state index contributed by atoms with van der Waals surface area (Å²) in [5.74, 6) is 0.275. The normalized spacial score (nSPS) is 22.1. The lowest BCUT2D eigenvalue weighted by molar-refractivity contribution is -0.148. The molecule has 0 radical (unpaired) electrons. The van der Waals surface area contributed by atoms with Crippen LogP contribution in [0.25, 0.3) is 22.2 Å². The summed E-state index contributed by atoms with van der Waals surface area (Å²) in [6.45, 7) is 2.29. The summed E-state index contributed by atoms with van der Waals surface area (Å²) in [6, 6.07) is 22.6. The van der Waals surface area contributed by atoms with Gasteiger partial charge in [0, 0.05) is 22.9 Å². The van der Waals surface area contributed by atoms with Gasteiger partial charge in [-0.05, 0) is 73.7 Å². The second-order valence-electron chi connectivity index (χ2n) is 10.9. The second kappa shape index (κ2) is 10.4. The highest BCUT2D eigenvalue weighted by Crippen LogP contribution is 2.49. The molecule has 5 nitrogen and oxygen atoms in total. The highest BCUT2D eigenvalue weighted by Gasteiger charge is 2.38. The fraction of sp³-hybridized carbons (Fsp3) is 0.265. The van der Waals surface area contributed by atoms with E-state index in [1.807, 2.05) is 61.5 Å². The van der Waals surface area contributed by atoms with Gasteiger partial charge in [-0.2, -0.15) is 0 Å². The summed E-state index contributed by atoms with van der Waals surface area (Å²) in [5, 5.41) is 11.3. The van der Waals surface area contributed by atoms with Crippen molar-refractivity contribution in [3.8, 4) is 11.4 Å². The number of esters is 1. The fourth-order valence-electron chi connectivity index (χ4n) is 5.84. The van der Waals surface area contributed by atoms with Crippen LogP contribution in [-0.2, 0) is 16.1 Å². The van der Waals surface area contributed by atoms with Crippen molar-refractivity contribution in [1.29, 1.82) is 0 Å². The van der Waals surface area contributed by atoms with Gasteiger partial charge < -0.3 is 19.1 Å². The molecule has 1 unspecified atom stereocenters. The number of ether oxygens (including phenoxy) is 2. The molecule has 0 amide bonds. The third kappa shape index (κ3) is 4.62. The zero-order valence-corrected chi connectivity index (χ0v) is 22.6. The van der Waals surface area contributed by atoms with Crippen LogP contribution in [0.3, 0.4) is 0 Å². The number of carbonyl (C=O) groups is 1. The minimum absolute atomic E-state index is 0.104. The van der Waals surface area contributed by atoms with Gasteiger partial charge in [0.1, 0.15) is 18.2 Å². The van der Waals surface area contributed by atoms with Gasteiger partial charge >= 0.3 is 5.97 Å². The Morgan fingerprint density at radius 2 is 1.80 bits per heavy atom. The van der Waals surface area contributed by atoms with Gasteiger partial charge in [-0.3, -0.25) is 4.79 Å². The molecule has 6 heteroatoms. The Kier molecular flexibility index (Phi) is 6.80. The van der Waals surface area contributed by atoms with Crippen molar-refractivity contribution in [1.82, 2.24) is 4.57 Å². The molecule has 1 aromatic heterocycles. The summed E-state index contributed by atoms with van der Waals surface area (Å²) in [6.07, 6.45) is 7.42. The zero-order valence-electron chi connectivity index (χ0n) is 22.6. The number of carbonyl (C=O) groups excluding carboxylic acids is 1. The second-order valence-corrected chi connectivity index (χ2v) is 10.9. The summed E-state index contributed by atoms with van der Waals surface area (Å²) in [7, 11) is 1.41. The minimum atomic E-state index is -0.743. The van der Waals surface area contributed by atoms with Gasteiger partial charge in [0.05, 0.1) is 29.5 Å². The van der Waals surface area contributed by atoms with Crippen LogP contribution >= 0.6 is 0 Å². The molecule has 0 saturated heterocycles. The van der Waals surface area contributed by atoms with E-state index >= 15 is 0 Å². The van der Waals surface area contributed by atoms with Crippen molar-refractivity contribution < 1.29 is 23.8 Å². The van der Waals surface area contributed by atoms with Crippen molar-refractivity contribution >= 4 is 22.4 Å². The van der Waals surface area contributed by atoms with E-state index in [-0.39, 0.29) is 23.8 Å². The number of aromatic nitrogens is 1. The first kappa shape index (κ1) is 26.1. The molecule has 0 bridgehead atoms. The van der Waals surface area contributed by atoms with E-state index in [0.29, 0.717) is 25.9 Å². The van der Waals surface area contributed by atoms with E-state index in [2.05, 4.69) is 16.7 Å². The molecule has 0 spiro atoms. The number of fused-ring (bicyclic) bond motifs is 1. The third-order valence-electron chi connectivity index (χ3n) is 8.13. The molecule has 40 heavy (non-hydrogen) atoms. The predicted molar refractivity (Wildman–Crippen MR) is 154 cm³/mol. The van der Waals surface area contributed by atoms with Crippen molar-refractivity contribution in [3.63, 3.8) is 0 Å². The van der Waals surface area contributed by atoms with Crippen LogP contribution < -0.4 is 4.74 Å². The number of methoxy groups -OCH3 is 1. The Bertz CT molecular complexity index is 1610. The van der Waals surface area contributed by atoms with Gasteiger partial charge in [0.15, 0.2) is 0 Å². The van der Waals surface area contributed by atoms with Crippen LogP contribution in [0.1, 0.15) is 48.9 Å². The summed E-state index contributed by atoms with van der Waals surface area (Å²) in [4.78, 5) is 12.5. The van der Waals surface area contributed by atoms with Gasteiger partial charge in [-0.1, -0.05) is 54.6 Å². The van der Waals surface area contributed by atoms with Crippen LogP contribution in [0.15, 0.2) is 91.0 Å². The Labute approximate surface area is 233 Å². The first-order valence-electron chi connectivity index (χ1n) is 13.6. The summed E-state index contributed by atoms with van der Waals surface area (Å²) < 4.78 is 27.7. The van der Waals surface area contributed by atoms with Crippen molar-refractivity contribution in [2.45, 2.75) is 44.8 Å². The Hall–Kier alpha value is -4.16. The maximum absolute atomic E-state index is 14.0. The maximum Gasteiger partial charge on any atom is 0.315 e. The maximum atomic E-state index is 14.0. The van der Waals surface area contributed by atoms with E-state index < -0.39 is 5.41 Å². The molecule has 2 aliphatic carbocycles. The van der Waals surface area contributed by atoms with Crippen molar-refractivity contribution in [2.24, 2.45) is 5.41 Å². The standard InChI is InChI=1S/C34H32FNO4/c1-34(33(38)39-2)17-15-23(16-18-34)30-31-28(9-6-10-29(31)40-21-22-7-4-3-5-8-22)36(26-13-11-25(35)12-14-26)32(30)24-19-27(37)20-24/h3-17,24,27,37H,18-21H2,1-2H3. The number of rotatable bonds is 7. The summed E-state index contributed by atoms with van der Waals surface area (Å²) >= 11 is 0. The number of hydrogen-bond donors (Lipinski definition) is 1. The number of aliphatic hydroxyl groups excluding tert-OH is 1. The molecule has 4 aromatic rings. The van der Waals surface area contributed by atoms with Crippen LogP contribution in [0.2, 0.25) is 0 Å². The van der Waals surface area contributed by atoms with Gasteiger partial charge in [0.2, 0.25) is 0 Å². The van der Waals surface area contributed by atoms with E-state index in [0.717, 1.165) is 44.7 Å². The van der Waals surface area contributed by atoms with Gasteiger partial charge in [0.25, 0.3) is 0 Å². The fourth-order valence-corrected chi connectivity index (χ4v) is 5.84. The quantitative estimate of drug-likeness (QED) is 0.255. The molecule has 6 rings (SSSR count). The highest BCUT2D eigenvalue weighted by atomic mass is 19.1. The molecule has 1 fully saturated rings. The average molecular weight is 538 g/mol. The highest BCUT2D eigenvalue weighted by molar-refractivity contribution is 6.03. The zero-order chi connectivity index (χ0) is 27.9. The first-order chi connectivity index (χ1) is 19.4. The molecule has 3 aromatic carbocycles. The van der Waals surface area contributed by atoms with E-state index in [1.165, 1.54) is 19.2 Å². The number of hydrogen-bond acceptors (Lipinski definition) is 4. The van der Waals surface area contributed by atoms with Crippen molar-refractivity contribution in [2.75, 3.05) is 7.11 Å². The third-order valence-corrected chi connectivity index (χ3v) is 8.13. The van der Waals surface area contributed by atoms with Crippen LogP contribution in [0, 0.1) is 11.2 Å². The lowest BCUT2D eigenvalue weighted by Gasteiger charge is -2.34. The van der Waals surface area contributed by atoms with Crippen LogP contribution in [0.4, 0.5) is 4.39 Å². The van der Waals surface area contributed by atoms with E-state index in [9.17, 15) is 14.3 Å². The smallest absolute Gasteiger partial charge is 0.315 e. The Balaban J connectivity index is 1.57. The number of aliphatic hydroxyl groups is 1. The SMILES string of the molecule is COC(=O)C1(C)C=CC(c2c(C3CC(O)C3)n(-c3ccc(F)cc3)c3cccc(OCc4ccccc4)c23)=CC1. The molecule has 1 N–H and O–H groups in total. The van der Waals surface area contributed by atoms with Gasteiger partial charge in [-0.25, -0.2) is 4.39 Å². The number of nitrogens with zero attached hydrogens (tertiary/aromatic N) is 1. The lowest BCUT2D eigenvalue weighted by atomic mass is 9.76. The molecule has 1 saturated carbocycles. The van der Waals surface area contributed by atoms with Crippen LogP contribution in [-0.4, -0.2) is 28.9 Å². The van der Waals surface area contributed by atoms with Crippen LogP contribution in [0.5, 0.6) is 5.75 Å². The Morgan fingerprint density at radius 1 is 1.05 bits per heavy atom. The number of benzene rings is 3. The van der Waals surface area contributed by atoms with E-state index in [4.69, 9.17) is 9.47 Å². The molecular formula is C34H32FNO4. The largest absolute Gasteiger partial charge is 0.488 e.